The number of hydrogen-bond acceptors (Lipinski definition) is 0. The Labute approximate surface area is 297 Å². The summed E-state index contributed by atoms with van der Waals surface area (Å²) in [6, 6.07) is 56.7. The molecule has 0 aliphatic rings. The van der Waals surface area contributed by atoms with Gasteiger partial charge in [-0.15, -0.1) is 81.2 Å². The van der Waals surface area contributed by atoms with Gasteiger partial charge in [-0.05, 0) is 45.5 Å². The molecule has 0 aromatic heterocycles. The minimum absolute atomic E-state index is 0. The van der Waals surface area contributed by atoms with Crippen LogP contribution in [0.1, 0.15) is 22.3 Å². The SMILES string of the molecule is C[Si]C.[CH3-].[CH3-].[Hf+4].c1ccc2[cH-]c(Cc3cccc4ccccc34)cc2c1.c1ccc2[cH-]c(Cc3cccc4ccccc34)cc2c1. The molecule has 0 fully saturated rings. The summed E-state index contributed by atoms with van der Waals surface area (Å²) in [5, 5.41) is 10.7. The van der Waals surface area contributed by atoms with E-state index in [4.69, 9.17) is 0 Å². The van der Waals surface area contributed by atoms with Gasteiger partial charge in [-0.1, -0.05) is 110 Å². The van der Waals surface area contributed by atoms with Crippen molar-refractivity contribution in [1.29, 1.82) is 0 Å². The van der Waals surface area contributed by atoms with Crippen molar-refractivity contribution < 1.29 is 25.8 Å². The third-order valence-corrected chi connectivity index (χ3v) is 7.90. The van der Waals surface area contributed by atoms with E-state index in [0.717, 1.165) is 22.4 Å². The smallest absolute Gasteiger partial charge is 0.358 e. The molecular formula is C44H42HfSi. The normalized spacial score (nSPS) is 10.1. The molecule has 226 valence electrons. The second-order valence-corrected chi connectivity index (χ2v) is 12.1. The van der Waals surface area contributed by atoms with E-state index in [1.165, 1.54) is 65.3 Å². The van der Waals surface area contributed by atoms with Gasteiger partial charge >= 0.3 is 25.8 Å². The molecule has 0 heterocycles. The first kappa shape index (κ1) is 36.6. The Balaban J connectivity index is 0.000000218. The van der Waals surface area contributed by atoms with Crippen LogP contribution in [0.5, 0.6) is 0 Å². The van der Waals surface area contributed by atoms with E-state index in [0.29, 0.717) is 0 Å². The van der Waals surface area contributed by atoms with Crippen molar-refractivity contribution in [2.45, 2.75) is 25.9 Å². The number of fused-ring (bicyclic) bond motifs is 4. The Hall–Kier alpha value is -3.85. The summed E-state index contributed by atoms with van der Waals surface area (Å²) in [5.41, 5.74) is 5.59. The van der Waals surface area contributed by atoms with Crippen LogP contribution in [0.15, 0.2) is 158 Å². The first-order chi connectivity index (χ1) is 21.2. The Morgan fingerprint density at radius 2 is 0.761 bits per heavy atom. The predicted octanol–water partition coefficient (Wildman–Crippen LogP) is 12.3. The molecule has 8 rings (SSSR count). The van der Waals surface area contributed by atoms with Gasteiger partial charge in [0.2, 0.25) is 0 Å². The van der Waals surface area contributed by atoms with Crippen LogP contribution >= 0.6 is 0 Å². The van der Waals surface area contributed by atoms with Crippen molar-refractivity contribution in [3.05, 3.63) is 195 Å². The van der Waals surface area contributed by atoms with Crippen LogP contribution in [0, 0.1) is 14.9 Å². The van der Waals surface area contributed by atoms with Crippen molar-refractivity contribution in [1.82, 2.24) is 0 Å². The Morgan fingerprint density at radius 1 is 0.435 bits per heavy atom. The largest absolute Gasteiger partial charge is 4.00 e. The summed E-state index contributed by atoms with van der Waals surface area (Å²) >= 11 is 0. The van der Waals surface area contributed by atoms with Gasteiger partial charge in [0.1, 0.15) is 0 Å². The third kappa shape index (κ3) is 8.69. The summed E-state index contributed by atoms with van der Waals surface area (Å²) in [4.78, 5) is 0. The minimum atomic E-state index is 0. The molecule has 0 bridgehead atoms. The molecule has 0 aliphatic heterocycles. The average molecular weight is 777 g/mol. The number of benzene rings is 6. The average Bonchev–Trinajstić information content (AvgIpc) is 3.65. The summed E-state index contributed by atoms with van der Waals surface area (Å²) in [6.45, 7) is 4.31. The molecule has 46 heavy (non-hydrogen) atoms. The summed E-state index contributed by atoms with van der Waals surface area (Å²) in [7, 11) is 1.08. The molecule has 0 atom stereocenters. The molecule has 8 aromatic carbocycles. The molecule has 0 saturated heterocycles. The van der Waals surface area contributed by atoms with E-state index in [1.807, 2.05) is 0 Å². The van der Waals surface area contributed by atoms with Crippen LogP contribution in [0.3, 0.4) is 0 Å². The fourth-order valence-corrected chi connectivity index (χ4v) is 5.97. The fraction of sp³-hybridized carbons (Fsp3) is 0.0909. The first-order valence-electron chi connectivity index (χ1n) is 15.0. The molecule has 0 spiro atoms. The Morgan fingerprint density at radius 3 is 1.15 bits per heavy atom. The van der Waals surface area contributed by atoms with Crippen molar-refractivity contribution in [2.75, 3.05) is 0 Å². The number of rotatable bonds is 4. The summed E-state index contributed by atoms with van der Waals surface area (Å²) in [5.74, 6) is 0. The molecule has 0 aliphatic carbocycles. The van der Waals surface area contributed by atoms with E-state index in [2.05, 4.69) is 171 Å². The molecule has 2 heteroatoms. The van der Waals surface area contributed by atoms with Gasteiger partial charge < -0.3 is 14.9 Å². The molecule has 2 radical (unpaired) electrons. The third-order valence-electron chi connectivity index (χ3n) is 7.90. The molecule has 0 unspecified atom stereocenters. The molecule has 0 nitrogen and oxygen atoms in total. The zero-order valence-electron chi connectivity index (χ0n) is 27.4. The Bertz CT molecular complexity index is 1870. The van der Waals surface area contributed by atoms with Crippen molar-refractivity contribution in [3.63, 3.8) is 0 Å². The maximum atomic E-state index is 2.30. The molecule has 0 N–H and O–H groups in total. The van der Waals surface area contributed by atoms with Gasteiger partial charge in [0.15, 0.2) is 0 Å². The maximum Gasteiger partial charge on any atom is 4.00 e. The molecule has 0 saturated carbocycles. The molecule has 8 aromatic rings. The van der Waals surface area contributed by atoms with Gasteiger partial charge in [0, 0.05) is 9.52 Å². The molecule has 0 amide bonds. The standard InChI is InChI=1S/2C20H15.C2H6Si.2CH3.Hf/c2*1-2-8-18-13-15(12-17(18)7-1)14-19-10-5-9-16-6-3-4-11-20(16)19;1-3-2;;;/h2*1-13H,14H2;1-2H3;2*1H3;/q2*-1;;2*-1;+4. The van der Waals surface area contributed by atoms with Gasteiger partial charge in [0.05, 0.1) is 0 Å². The first-order valence-corrected chi connectivity index (χ1v) is 17.0. The maximum absolute atomic E-state index is 2.30. The second kappa shape index (κ2) is 17.7. The number of hydrogen-bond donors (Lipinski definition) is 0. The van der Waals surface area contributed by atoms with Crippen LogP contribution in [-0.4, -0.2) is 9.52 Å². The van der Waals surface area contributed by atoms with Crippen molar-refractivity contribution in [2.24, 2.45) is 0 Å². The van der Waals surface area contributed by atoms with E-state index in [9.17, 15) is 0 Å². The van der Waals surface area contributed by atoms with Crippen LogP contribution in [-0.2, 0) is 38.7 Å². The summed E-state index contributed by atoms with van der Waals surface area (Å²) in [6.07, 6.45) is 1.99. The zero-order chi connectivity index (χ0) is 29.4. The predicted molar refractivity (Wildman–Crippen MR) is 203 cm³/mol. The van der Waals surface area contributed by atoms with Gasteiger partial charge in [-0.25, -0.2) is 0 Å². The van der Waals surface area contributed by atoms with Gasteiger partial charge in [0.25, 0.3) is 0 Å². The van der Waals surface area contributed by atoms with Crippen LogP contribution in [0.25, 0.3) is 43.1 Å². The van der Waals surface area contributed by atoms with E-state index >= 15 is 0 Å². The van der Waals surface area contributed by atoms with Gasteiger partial charge in [-0.2, -0.15) is 12.1 Å². The van der Waals surface area contributed by atoms with Crippen LogP contribution < -0.4 is 0 Å². The van der Waals surface area contributed by atoms with Crippen molar-refractivity contribution >= 4 is 52.6 Å². The monoisotopic (exact) mass is 778 g/mol. The minimum Gasteiger partial charge on any atom is -0.358 e. The van der Waals surface area contributed by atoms with Crippen molar-refractivity contribution in [3.8, 4) is 0 Å². The fourth-order valence-electron chi connectivity index (χ4n) is 5.97. The topological polar surface area (TPSA) is 0 Å². The summed E-state index contributed by atoms with van der Waals surface area (Å²) < 4.78 is 0. The molecular weight excluding hydrogens is 735 g/mol. The second-order valence-electron chi connectivity index (χ2n) is 11.1. The van der Waals surface area contributed by atoms with Crippen LogP contribution in [0.2, 0.25) is 13.1 Å². The van der Waals surface area contributed by atoms with Gasteiger partial charge in [-0.3, -0.25) is 0 Å². The Kier molecular flexibility index (Phi) is 14.1. The van der Waals surface area contributed by atoms with E-state index < -0.39 is 0 Å². The van der Waals surface area contributed by atoms with Crippen LogP contribution in [0.4, 0.5) is 0 Å². The van der Waals surface area contributed by atoms with E-state index in [-0.39, 0.29) is 40.7 Å². The van der Waals surface area contributed by atoms with E-state index in [1.54, 1.807) is 0 Å². The zero-order valence-corrected chi connectivity index (χ0v) is 32.0. The quantitative estimate of drug-likeness (QED) is 0.123.